The lowest BCUT2D eigenvalue weighted by Crippen LogP contribution is -2.33. The Morgan fingerprint density at radius 2 is 2.00 bits per heavy atom. The number of thiol groups is 1. The smallest absolute Gasteiger partial charge is 0.396 e. The van der Waals surface area contributed by atoms with E-state index < -0.39 is 73.6 Å². The van der Waals surface area contributed by atoms with Crippen molar-refractivity contribution in [2.24, 2.45) is 0 Å². The van der Waals surface area contributed by atoms with Crippen LogP contribution in [0.2, 0.25) is 0 Å². The van der Waals surface area contributed by atoms with Crippen molar-refractivity contribution in [3.05, 3.63) is 23.0 Å². The van der Waals surface area contributed by atoms with Crippen LogP contribution in [0.25, 0.3) is 22.3 Å². The zero-order valence-electron chi connectivity index (χ0n) is 22.9. The van der Waals surface area contributed by atoms with Gasteiger partial charge in [-0.1, -0.05) is 5.21 Å². The number of alkyl halides is 2. The Morgan fingerprint density at radius 3 is 2.74 bits per heavy atom. The Kier molecular flexibility index (Phi) is 9.58. The Hall–Kier alpha value is -2.50. The lowest BCUT2D eigenvalue weighted by Gasteiger charge is -2.27. The van der Waals surface area contributed by atoms with Crippen molar-refractivity contribution in [1.82, 2.24) is 44.5 Å². The van der Waals surface area contributed by atoms with Crippen LogP contribution in [-0.2, 0) is 34.7 Å². The highest BCUT2D eigenvalue weighted by Crippen LogP contribution is 2.55. The molecule has 2 aliphatic heterocycles. The number of ether oxygens (including phenoxy) is 1. The zero-order chi connectivity index (χ0) is 32.9. The number of nitrogens with zero attached hydrogens (tertiary/aromatic N) is 8. The van der Waals surface area contributed by atoms with E-state index in [4.69, 9.17) is 41.6 Å². The van der Waals surface area contributed by atoms with Gasteiger partial charge in [0.2, 0.25) is 5.95 Å². The number of H-pyrrole nitrogens is 1. The SMILES string of the molecule is Nc1nc2c(ncn2[C@@H]2S[C@H](CCO)[C@@H](F)[C@H]2OP(O)(=S)OC[C@H]2O[C@@H](n3nnc4c(N)ncnc43)[C@@H](F)[C@@H]2O[P+](=O)S)c(=O)[nH]1. The van der Waals surface area contributed by atoms with Gasteiger partial charge in [-0.25, -0.2) is 23.7 Å². The van der Waals surface area contributed by atoms with Crippen LogP contribution >= 0.6 is 38.0 Å². The number of thioether (sulfide) groups is 1. The average Bonchev–Trinajstić information content (AvgIpc) is 3.74. The maximum Gasteiger partial charge on any atom is 0.582 e. The molecule has 0 amide bonds. The molecule has 6 rings (SSSR count). The van der Waals surface area contributed by atoms with E-state index >= 15 is 8.78 Å². The molecule has 7 N–H and O–H groups in total. The van der Waals surface area contributed by atoms with Gasteiger partial charge in [-0.05, 0) is 22.8 Å². The van der Waals surface area contributed by atoms with E-state index in [9.17, 15) is 19.4 Å². The molecule has 26 heteroatoms. The number of aliphatic hydroxyl groups excluding tert-OH is 1. The fourth-order valence-corrected chi connectivity index (χ4v) is 8.91. The summed E-state index contributed by atoms with van der Waals surface area (Å²) < 4.78 is 67.7. The number of aliphatic hydroxyl groups is 1. The second-order valence-electron chi connectivity index (χ2n) is 9.91. The van der Waals surface area contributed by atoms with Gasteiger partial charge >= 0.3 is 13.9 Å². The van der Waals surface area contributed by atoms with Gasteiger partial charge in [0.15, 0.2) is 46.6 Å². The maximum absolute atomic E-state index is 15.8. The number of aromatic amines is 1. The summed E-state index contributed by atoms with van der Waals surface area (Å²) in [6, 6.07) is 0. The highest BCUT2D eigenvalue weighted by molar-refractivity contribution is 8.39. The number of nitrogens with one attached hydrogen (secondary N) is 1. The molecule has 10 atom stereocenters. The quantitative estimate of drug-likeness (QED) is 0.0911. The minimum atomic E-state index is -4.35. The summed E-state index contributed by atoms with van der Waals surface area (Å²) in [5.74, 6) is -0.228. The Morgan fingerprint density at radius 1 is 1.22 bits per heavy atom. The molecule has 2 unspecified atom stereocenters. The van der Waals surface area contributed by atoms with E-state index in [1.165, 1.54) is 10.9 Å². The summed E-state index contributed by atoms with van der Waals surface area (Å²) in [6.45, 7) is -5.37. The molecule has 0 saturated carbocycles. The van der Waals surface area contributed by atoms with Gasteiger partial charge < -0.3 is 30.7 Å². The van der Waals surface area contributed by atoms with E-state index in [1.807, 2.05) is 0 Å². The fraction of sp³-hybridized carbons (Fsp3) is 0.550. The molecule has 46 heavy (non-hydrogen) atoms. The Balaban J connectivity index is 1.23. The number of hydrogen-bond acceptors (Lipinski definition) is 17. The number of nitrogen functional groups attached to an aromatic ring is 2. The topological polar surface area (TPSA) is 267 Å². The molecule has 248 valence electrons. The van der Waals surface area contributed by atoms with Crippen LogP contribution in [0.4, 0.5) is 20.5 Å². The second kappa shape index (κ2) is 13.2. The molecule has 0 bridgehead atoms. The van der Waals surface area contributed by atoms with Crippen LogP contribution in [0, 0.1) is 0 Å². The van der Waals surface area contributed by atoms with Gasteiger partial charge in [-0.15, -0.1) is 21.4 Å². The number of anilines is 2. The van der Waals surface area contributed by atoms with E-state index in [0.29, 0.717) is 0 Å². The van der Waals surface area contributed by atoms with Crippen LogP contribution in [0.5, 0.6) is 0 Å². The molecule has 6 heterocycles. The summed E-state index contributed by atoms with van der Waals surface area (Å²) in [6.07, 6.45) is -7.40. The highest BCUT2D eigenvalue weighted by atomic mass is 32.7. The third kappa shape index (κ3) is 6.35. The van der Waals surface area contributed by atoms with Crippen molar-refractivity contribution in [2.75, 3.05) is 24.7 Å². The number of nitrogens with two attached hydrogens (primary N) is 2. The number of imidazole rings is 1. The van der Waals surface area contributed by atoms with E-state index in [-0.39, 0.29) is 47.1 Å². The molecule has 4 aromatic heterocycles. The molecule has 0 aromatic carbocycles. The van der Waals surface area contributed by atoms with Crippen LogP contribution in [0.1, 0.15) is 18.0 Å². The molecule has 0 radical (unpaired) electrons. The molecule has 19 nitrogen and oxygen atoms in total. The van der Waals surface area contributed by atoms with Crippen molar-refractivity contribution < 1.29 is 41.7 Å². The van der Waals surface area contributed by atoms with Crippen molar-refractivity contribution in [2.45, 2.75) is 53.9 Å². The third-order valence-corrected chi connectivity index (χ3v) is 11.0. The molecule has 2 saturated heterocycles. The largest absolute Gasteiger partial charge is 0.582 e. The molecule has 0 spiro atoms. The van der Waals surface area contributed by atoms with Crippen molar-refractivity contribution in [3.8, 4) is 0 Å². The molecular formula is C20H24F2N11O8P2S3+. The van der Waals surface area contributed by atoms with Crippen LogP contribution in [0.3, 0.4) is 0 Å². The fourth-order valence-electron chi connectivity index (χ4n) is 5.08. The summed E-state index contributed by atoms with van der Waals surface area (Å²) in [5.41, 5.74) is 10.9. The number of fused-ring (bicyclic) bond motifs is 2. The summed E-state index contributed by atoms with van der Waals surface area (Å²) in [5, 5.41) is 15.4. The summed E-state index contributed by atoms with van der Waals surface area (Å²) in [4.78, 5) is 41.6. The predicted molar refractivity (Wildman–Crippen MR) is 165 cm³/mol. The normalized spacial score (nSPS) is 29.9. The van der Waals surface area contributed by atoms with Gasteiger partial charge in [-0.2, -0.15) is 9.67 Å². The lowest BCUT2D eigenvalue weighted by molar-refractivity contribution is -0.0485. The summed E-state index contributed by atoms with van der Waals surface area (Å²) >= 11 is 9.93. The van der Waals surface area contributed by atoms with Crippen LogP contribution in [-0.4, -0.2) is 104 Å². The predicted octanol–water partition coefficient (Wildman–Crippen LogP) is 0.680. The molecular weight excluding hydrogens is 718 g/mol. The van der Waals surface area contributed by atoms with Gasteiger partial charge in [0, 0.05) is 11.9 Å². The summed E-state index contributed by atoms with van der Waals surface area (Å²) in [7, 11) is -2.65. The van der Waals surface area contributed by atoms with Crippen molar-refractivity contribution in [3.63, 3.8) is 0 Å². The van der Waals surface area contributed by atoms with E-state index in [0.717, 1.165) is 22.8 Å². The standard InChI is InChI=1S/C20H23F2N11O8P2S3/c21-8-7(1-2-34)46-19(32-5-27-11-16(32)28-20(24)29-17(11)35)13(8)41-43(37,45)38-3-6-12(40-42(36)44)9(22)18(39-6)33-15-10(30-31-33)14(23)25-4-26-15/h4-9,12-13,18-19,34H,1-3H2,(H6-,23,24,25,26,28,29,31,35,36,37,44,45)/p+1/t6-,7-,8-,9+,12-,13-,18-,19-,43?/m1/s1. The van der Waals surface area contributed by atoms with Gasteiger partial charge in [0.05, 0.1) is 12.9 Å². The first-order valence-corrected chi connectivity index (χ1v) is 19.0. The Labute approximate surface area is 271 Å². The molecule has 0 aliphatic carbocycles. The highest BCUT2D eigenvalue weighted by Gasteiger charge is 2.53. The number of rotatable bonds is 11. The van der Waals surface area contributed by atoms with Crippen LogP contribution in [0.15, 0.2) is 17.4 Å². The molecule has 4 aromatic rings. The maximum atomic E-state index is 15.8. The first-order chi connectivity index (χ1) is 21.9. The van der Waals surface area contributed by atoms with E-state index in [2.05, 4.69) is 47.5 Å². The lowest BCUT2D eigenvalue weighted by atomic mass is 10.1. The second-order valence-corrected chi connectivity index (χ2v) is 15.7. The molecule has 2 aliphatic rings. The third-order valence-electron chi connectivity index (χ3n) is 7.07. The number of hydrogen-bond donors (Lipinski definition) is 6. The first kappa shape index (κ1) is 33.4. The minimum Gasteiger partial charge on any atom is -0.396 e. The van der Waals surface area contributed by atoms with Crippen LogP contribution < -0.4 is 17.0 Å². The van der Waals surface area contributed by atoms with Gasteiger partial charge in [0.1, 0.15) is 42.3 Å². The molecule has 2 fully saturated rings. The number of aromatic nitrogens is 9. The Bertz CT molecular complexity index is 1890. The van der Waals surface area contributed by atoms with Gasteiger partial charge in [0.25, 0.3) is 5.56 Å². The van der Waals surface area contributed by atoms with E-state index in [1.54, 1.807) is 0 Å². The van der Waals surface area contributed by atoms with Crippen molar-refractivity contribution in [1.29, 1.82) is 0 Å². The first-order valence-electron chi connectivity index (χ1n) is 13.1. The van der Waals surface area contributed by atoms with Crippen molar-refractivity contribution >= 4 is 83.9 Å². The minimum absolute atomic E-state index is 0.0144. The average molecular weight is 743 g/mol. The monoisotopic (exact) mass is 742 g/mol. The number of halogens is 2. The zero-order valence-corrected chi connectivity index (χ0v) is 27.2. The van der Waals surface area contributed by atoms with Gasteiger partial charge in [-0.3, -0.25) is 18.9 Å².